The number of carbonyl (C=O) groups is 1. The number of hydrogen-bond donors (Lipinski definition) is 2. The molecule has 0 aliphatic rings. The van der Waals surface area contributed by atoms with Gasteiger partial charge >= 0.3 is 0 Å². The van der Waals surface area contributed by atoms with Gasteiger partial charge in [-0.3, -0.25) is 14.6 Å². The van der Waals surface area contributed by atoms with Crippen LogP contribution in [0.1, 0.15) is 29.6 Å². The minimum absolute atomic E-state index is 0.0124. The third-order valence-electron chi connectivity index (χ3n) is 4.41. The second kappa shape index (κ2) is 6.86. The molecular weight excluding hydrogens is 302 g/mol. The first-order chi connectivity index (χ1) is 11.6. The lowest BCUT2D eigenvalue weighted by molar-refractivity contribution is -0.120. The van der Waals surface area contributed by atoms with Crippen LogP contribution in [0, 0.1) is 13.8 Å². The van der Waals surface area contributed by atoms with Crippen molar-refractivity contribution in [2.24, 2.45) is 0 Å². The molecule has 3 aromatic rings. The number of para-hydroxylation sites is 1. The Bertz CT molecular complexity index is 862. The summed E-state index contributed by atoms with van der Waals surface area (Å²) in [5.41, 5.74) is 5.29. The number of nitrogens with zero attached hydrogens (tertiary/aromatic N) is 3. The second-order valence-electron chi connectivity index (χ2n) is 5.97. The molecule has 6 nitrogen and oxygen atoms in total. The van der Waals surface area contributed by atoms with E-state index in [1.54, 1.807) is 0 Å². The molecular formula is C18H23N5O. The van der Waals surface area contributed by atoms with Crippen molar-refractivity contribution in [1.29, 1.82) is 0 Å². The zero-order valence-electron chi connectivity index (χ0n) is 14.4. The molecule has 1 aromatic carbocycles. The molecule has 24 heavy (non-hydrogen) atoms. The summed E-state index contributed by atoms with van der Waals surface area (Å²) in [7, 11) is 0. The molecule has 0 fully saturated rings. The molecule has 1 amide bonds. The molecule has 3 rings (SSSR count). The van der Waals surface area contributed by atoms with Crippen LogP contribution < -0.4 is 5.32 Å². The second-order valence-corrected chi connectivity index (χ2v) is 5.97. The molecule has 2 aromatic heterocycles. The summed E-state index contributed by atoms with van der Waals surface area (Å²) < 4.78 is 1.97. The van der Waals surface area contributed by atoms with Crippen molar-refractivity contribution in [1.82, 2.24) is 25.3 Å². The van der Waals surface area contributed by atoms with Gasteiger partial charge in [0.25, 0.3) is 0 Å². The summed E-state index contributed by atoms with van der Waals surface area (Å²) in [6.45, 7) is 7.50. The van der Waals surface area contributed by atoms with Gasteiger partial charge in [-0.25, -0.2) is 0 Å². The Labute approximate surface area is 141 Å². The number of carbonyl (C=O) groups excluding carboxylic acids is 1. The maximum atomic E-state index is 12.2. The van der Waals surface area contributed by atoms with Crippen LogP contribution in [0.5, 0.6) is 0 Å². The lowest BCUT2D eigenvalue weighted by Crippen LogP contribution is -2.29. The molecule has 2 N–H and O–H groups in total. The van der Waals surface area contributed by atoms with Crippen LogP contribution in [0.3, 0.4) is 0 Å². The highest BCUT2D eigenvalue weighted by atomic mass is 16.1. The van der Waals surface area contributed by atoms with Crippen LogP contribution in [0.15, 0.2) is 24.3 Å². The first-order valence-electron chi connectivity index (χ1n) is 8.31. The smallest absolute Gasteiger partial charge is 0.226 e. The third kappa shape index (κ3) is 3.18. The molecule has 0 aliphatic heterocycles. The minimum Gasteiger partial charge on any atom is -0.354 e. The van der Waals surface area contributed by atoms with Gasteiger partial charge in [0.1, 0.15) is 0 Å². The summed E-state index contributed by atoms with van der Waals surface area (Å²) in [5.74, 6) is -0.0124. The van der Waals surface area contributed by atoms with E-state index in [-0.39, 0.29) is 5.91 Å². The molecule has 2 heterocycles. The third-order valence-corrected chi connectivity index (χ3v) is 4.41. The Morgan fingerprint density at radius 3 is 2.83 bits per heavy atom. The van der Waals surface area contributed by atoms with Crippen LogP contribution in [-0.4, -0.2) is 32.4 Å². The van der Waals surface area contributed by atoms with Crippen molar-refractivity contribution in [3.05, 3.63) is 46.9 Å². The first kappa shape index (κ1) is 16.2. The molecule has 6 heteroatoms. The molecule has 0 atom stereocenters. The van der Waals surface area contributed by atoms with E-state index in [1.165, 1.54) is 11.3 Å². The molecule has 0 bridgehead atoms. The zero-order chi connectivity index (χ0) is 17.1. The highest BCUT2D eigenvalue weighted by Gasteiger charge is 2.11. The molecule has 0 unspecified atom stereocenters. The van der Waals surface area contributed by atoms with Crippen molar-refractivity contribution < 1.29 is 4.79 Å². The summed E-state index contributed by atoms with van der Waals surface area (Å²) >= 11 is 0. The topological polar surface area (TPSA) is 75.6 Å². The number of aromatic amines is 1. The number of aryl methyl sites for hydroxylation is 1. The molecule has 0 saturated carbocycles. The van der Waals surface area contributed by atoms with Gasteiger partial charge in [0, 0.05) is 17.6 Å². The highest BCUT2D eigenvalue weighted by Crippen LogP contribution is 2.15. The van der Waals surface area contributed by atoms with Crippen LogP contribution in [0.2, 0.25) is 0 Å². The van der Waals surface area contributed by atoms with E-state index in [0.29, 0.717) is 19.5 Å². The maximum absolute atomic E-state index is 12.2. The Hall–Kier alpha value is -2.63. The van der Waals surface area contributed by atoms with Crippen molar-refractivity contribution in [3.8, 4) is 0 Å². The molecule has 0 radical (unpaired) electrons. The van der Waals surface area contributed by atoms with Gasteiger partial charge in [-0.1, -0.05) is 25.1 Å². The quantitative estimate of drug-likeness (QED) is 0.730. The van der Waals surface area contributed by atoms with Gasteiger partial charge in [-0.2, -0.15) is 10.2 Å². The van der Waals surface area contributed by atoms with Gasteiger partial charge in [0.15, 0.2) is 0 Å². The van der Waals surface area contributed by atoms with Crippen molar-refractivity contribution in [3.63, 3.8) is 0 Å². The Morgan fingerprint density at radius 2 is 2.08 bits per heavy atom. The lowest BCUT2D eigenvalue weighted by Gasteiger charge is -2.07. The van der Waals surface area contributed by atoms with Crippen molar-refractivity contribution >= 4 is 16.8 Å². The Balaban J connectivity index is 1.56. The van der Waals surface area contributed by atoms with E-state index in [1.807, 2.05) is 35.9 Å². The standard InChI is InChI=1S/C18H23N5O/c1-4-14-12(2)22-23(13(14)3)10-9-19-18(24)11-17-15-7-5-6-8-16(15)20-21-17/h5-8H,4,9-11H2,1-3H3,(H,19,24)(H,20,21). The van der Waals surface area contributed by atoms with Gasteiger partial charge in [-0.05, 0) is 31.9 Å². The van der Waals surface area contributed by atoms with Crippen LogP contribution in [0.25, 0.3) is 10.9 Å². The molecule has 126 valence electrons. The van der Waals surface area contributed by atoms with Gasteiger partial charge in [-0.15, -0.1) is 0 Å². The van der Waals surface area contributed by atoms with E-state index in [2.05, 4.69) is 34.5 Å². The lowest BCUT2D eigenvalue weighted by atomic mass is 10.1. The number of amides is 1. The van der Waals surface area contributed by atoms with E-state index < -0.39 is 0 Å². The van der Waals surface area contributed by atoms with E-state index >= 15 is 0 Å². The average molecular weight is 325 g/mol. The SMILES string of the molecule is CCc1c(C)nn(CCNC(=O)Cc2[nH]nc3ccccc23)c1C. The number of fused-ring (bicyclic) bond motifs is 1. The summed E-state index contributed by atoms with van der Waals surface area (Å²) in [6, 6.07) is 7.80. The van der Waals surface area contributed by atoms with Crippen molar-refractivity contribution in [2.75, 3.05) is 6.54 Å². The molecule has 0 aliphatic carbocycles. The number of H-pyrrole nitrogens is 1. The van der Waals surface area contributed by atoms with Crippen LogP contribution in [-0.2, 0) is 24.2 Å². The molecule has 0 spiro atoms. The summed E-state index contributed by atoms with van der Waals surface area (Å²) in [5, 5.41) is 15.7. The Kier molecular flexibility index (Phi) is 4.64. The predicted octanol–water partition coefficient (Wildman–Crippen LogP) is 2.30. The van der Waals surface area contributed by atoms with Gasteiger partial charge in [0.05, 0.1) is 29.9 Å². The van der Waals surface area contributed by atoms with Crippen molar-refractivity contribution in [2.45, 2.75) is 40.2 Å². The summed E-state index contributed by atoms with van der Waals surface area (Å²) in [4.78, 5) is 12.2. The number of aromatic nitrogens is 4. The van der Waals surface area contributed by atoms with Gasteiger partial charge < -0.3 is 5.32 Å². The van der Waals surface area contributed by atoms with Crippen LogP contribution in [0.4, 0.5) is 0 Å². The number of benzene rings is 1. The average Bonchev–Trinajstić information content (AvgIpc) is 3.09. The van der Waals surface area contributed by atoms with Crippen LogP contribution >= 0.6 is 0 Å². The van der Waals surface area contributed by atoms with E-state index in [9.17, 15) is 4.79 Å². The Morgan fingerprint density at radius 1 is 1.29 bits per heavy atom. The first-order valence-corrected chi connectivity index (χ1v) is 8.31. The fraction of sp³-hybridized carbons (Fsp3) is 0.389. The molecule has 0 saturated heterocycles. The maximum Gasteiger partial charge on any atom is 0.226 e. The van der Waals surface area contributed by atoms with E-state index in [4.69, 9.17) is 0 Å². The van der Waals surface area contributed by atoms with E-state index in [0.717, 1.165) is 28.7 Å². The fourth-order valence-corrected chi connectivity index (χ4v) is 3.14. The zero-order valence-corrected chi connectivity index (χ0v) is 14.4. The fourth-order valence-electron chi connectivity index (χ4n) is 3.14. The van der Waals surface area contributed by atoms with Gasteiger partial charge in [0.2, 0.25) is 5.91 Å². The normalized spacial score (nSPS) is 11.1. The number of rotatable bonds is 6. The largest absolute Gasteiger partial charge is 0.354 e. The highest BCUT2D eigenvalue weighted by molar-refractivity contribution is 5.87. The predicted molar refractivity (Wildman–Crippen MR) is 93.9 cm³/mol. The number of hydrogen-bond acceptors (Lipinski definition) is 3. The minimum atomic E-state index is -0.0124. The monoisotopic (exact) mass is 325 g/mol. The number of nitrogens with one attached hydrogen (secondary N) is 2. The summed E-state index contributed by atoms with van der Waals surface area (Å²) in [6.07, 6.45) is 1.29.